The van der Waals surface area contributed by atoms with Crippen molar-refractivity contribution >= 4 is 5.69 Å². The third kappa shape index (κ3) is 2.07. The van der Waals surface area contributed by atoms with E-state index in [1.165, 1.54) is 17.2 Å². The van der Waals surface area contributed by atoms with Crippen LogP contribution in [0.2, 0.25) is 0 Å². The number of anilines is 1. The summed E-state index contributed by atoms with van der Waals surface area (Å²) in [6.07, 6.45) is 0.928. The summed E-state index contributed by atoms with van der Waals surface area (Å²) in [4.78, 5) is 0. The van der Waals surface area contributed by atoms with E-state index < -0.39 is 11.6 Å². The molecule has 1 unspecified atom stereocenters. The molecule has 0 spiro atoms. The van der Waals surface area contributed by atoms with Crippen LogP contribution in [0.15, 0.2) is 42.5 Å². The average Bonchev–Trinajstić information content (AvgIpc) is 2.66. The molecule has 0 bridgehead atoms. The van der Waals surface area contributed by atoms with Crippen LogP contribution >= 0.6 is 0 Å². The van der Waals surface area contributed by atoms with Crippen molar-refractivity contribution in [3.8, 4) is 0 Å². The van der Waals surface area contributed by atoms with Crippen LogP contribution in [0.5, 0.6) is 0 Å². The quantitative estimate of drug-likeness (QED) is 0.836. The second kappa shape index (κ2) is 4.58. The van der Waals surface area contributed by atoms with Crippen molar-refractivity contribution in [3.05, 3.63) is 65.2 Å². The lowest BCUT2D eigenvalue weighted by molar-refractivity contribution is 0.336. The summed E-state index contributed by atoms with van der Waals surface area (Å²) in [5, 5.41) is 3.18. The van der Waals surface area contributed by atoms with Crippen molar-refractivity contribution in [1.82, 2.24) is 0 Å². The summed E-state index contributed by atoms with van der Waals surface area (Å²) in [5.74, 6) is -1.63. The lowest BCUT2D eigenvalue weighted by Gasteiger charge is -2.29. The van der Waals surface area contributed by atoms with Gasteiger partial charge in [0.25, 0.3) is 0 Å². The van der Waals surface area contributed by atoms with Gasteiger partial charge in [0.1, 0.15) is 0 Å². The van der Waals surface area contributed by atoms with Crippen molar-refractivity contribution in [2.45, 2.75) is 26.3 Å². The maximum absolute atomic E-state index is 13.8. The first kappa shape index (κ1) is 13.1. The van der Waals surface area contributed by atoms with E-state index in [2.05, 4.69) is 31.3 Å². The van der Waals surface area contributed by atoms with Crippen LogP contribution in [0.3, 0.4) is 0 Å². The lowest BCUT2D eigenvalue weighted by Crippen LogP contribution is -2.25. The van der Waals surface area contributed by atoms with Gasteiger partial charge in [0.2, 0.25) is 0 Å². The third-order valence-electron chi connectivity index (χ3n) is 4.05. The Morgan fingerprint density at radius 2 is 1.80 bits per heavy atom. The van der Waals surface area contributed by atoms with Crippen LogP contribution in [0.1, 0.15) is 31.0 Å². The van der Waals surface area contributed by atoms with Gasteiger partial charge in [-0.1, -0.05) is 44.2 Å². The highest BCUT2D eigenvalue weighted by Crippen LogP contribution is 2.47. The first-order valence-electron chi connectivity index (χ1n) is 6.77. The Balaban J connectivity index is 1.99. The van der Waals surface area contributed by atoms with Gasteiger partial charge in [-0.05, 0) is 35.1 Å². The second-order valence-electron chi connectivity index (χ2n) is 6.04. The number of rotatable bonds is 2. The highest BCUT2D eigenvalue weighted by molar-refractivity contribution is 5.51. The molecule has 0 radical (unpaired) electrons. The van der Waals surface area contributed by atoms with E-state index >= 15 is 0 Å². The molecule has 2 aromatic carbocycles. The van der Waals surface area contributed by atoms with Gasteiger partial charge in [-0.15, -0.1) is 0 Å². The zero-order chi connectivity index (χ0) is 14.3. The van der Waals surface area contributed by atoms with Gasteiger partial charge in [-0.2, -0.15) is 0 Å². The number of nitrogens with one attached hydrogen (secondary N) is 1. The van der Waals surface area contributed by atoms with Crippen LogP contribution in [0, 0.1) is 17.0 Å². The molecule has 20 heavy (non-hydrogen) atoms. The van der Waals surface area contributed by atoms with E-state index in [1.54, 1.807) is 6.07 Å². The molecule has 3 heteroatoms. The fraction of sp³-hybridized carbons (Fsp3) is 0.294. The standard InChI is InChI=1S/C17H17F2N/c1-17(2)10-11-6-3-4-7-12(11)16(17)20-14-9-5-8-13(18)15(14)19/h3-9,16,20H,10H2,1-2H3. The molecule has 1 nitrogen and oxygen atoms in total. The zero-order valence-electron chi connectivity index (χ0n) is 11.6. The number of fused-ring (bicyclic) bond motifs is 1. The molecule has 0 heterocycles. The van der Waals surface area contributed by atoms with Gasteiger partial charge in [-0.3, -0.25) is 0 Å². The van der Waals surface area contributed by atoms with Crippen LogP contribution < -0.4 is 5.32 Å². The molecule has 3 rings (SSSR count). The summed E-state index contributed by atoms with van der Waals surface area (Å²) in [6, 6.07) is 12.4. The Kier molecular flexibility index (Phi) is 3.00. The van der Waals surface area contributed by atoms with E-state index in [0.717, 1.165) is 12.5 Å². The summed E-state index contributed by atoms with van der Waals surface area (Å²) >= 11 is 0. The third-order valence-corrected chi connectivity index (χ3v) is 4.05. The first-order chi connectivity index (χ1) is 9.49. The molecule has 1 atom stereocenters. The van der Waals surface area contributed by atoms with Crippen molar-refractivity contribution in [2.75, 3.05) is 5.32 Å². The molecule has 0 saturated carbocycles. The van der Waals surface area contributed by atoms with E-state index in [9.17, 15) is 8.78 Å². The molecule has 1 aliphatic carbocycles. The minimum absolute atomic E-state index is 0.0185. The van der Waals surface area contributed by atoms with Crippen molar-refractivity contribution in [3.63, 3.8) is 0 Å². The summed E-state index contributed by atoms with van der Waals surface area (Å²) in [6.45, 7) is 4.28. The molecule has 0 saturated heterocycles. The fourth-order valence-electron chi connectivity index (χ4n) is 3.03. The largest absolute Gasteiger partial charge is 0.375 e. The predicted molar refractivity (Wildman–Crippen MR) is 76.6 cm³/mol. The monoisotopic (exact) mass is 273 g/mol. The average molecular weight is 273 g/mol. The predicted octanol–water partition coefficient (Wildman–Crippen LogP) is 4.70. The molecular weight excluding hydrogens is 256 g/mol. The Hall–Kier alpha value is -1.90. The van der Waals surface area contributed by atoms with Gasteiger partial charge in [0.15, 0.2) is 11.6 Å². The van der Waals surface area contributed by atoms with Gasteiger partial charge in [0.05, 0.1) is 11.7 Å². The Labute approximate surface area is 117 Å². The van der Waals surface area contributed by atoms with E-state index in [-0.39, 0.29) is 17.1 Å². The molecule has 2 aromatic rings. The van der Waals surface area contributed by atoms with Crippen molar-refractivity contribution in [1.29, 1.82) is 0 Å². The molecule has 104 valence electrons. The molecular formula is C17H17F2N. The van der Waals surface area contributed by atoms with Gasteiger partial charge in [-0.25, -0.2) is 8.78 Å². The van der Waals surface area contributed by atoms with Crippen molar-refractivity contribution in [2.24, 2.45) is 5.41 Å². The summed E-state index contributed by atoms with van der Waals surface area (Å²) < 4.78 is 27.2. The highest BCUT2D eigenvalue weighted by Gasteiger charge is 2.39. The zero-order valence-corrected chi connectivity index (χ0v) is 11.6. The van der Waals surface area contributed by atoms with Crippen molar-refractivity contribution < 1.29 is 8.78 Å². The van der Waals surface area contributed by atoms with Crippen LogP contribution in [-0.4, -0.2) is 0 Å². The SMILES string of the molecule is CC1(C)Cc2ccccc2C1Nc1cccc(F)c1F. The van der Waals surface area contributed by atoms with Crippen LogP contribution in [0.25, 0.3) is 0 Å². The number of benzene rings is 2. The molecule has 0 aromatic heterocycles. The van der Waals surface area contributed by atoms with E-state index in [4.69, 9.17) is 0 Å². The topological polar surface area (TPSA) is 12.0 Å². The molecule has 1 N–H and O–H groups in total. The fourth-order valence-corrected chi connectivity index (χ4v) is 3.03. The minimum atomic E-state index is -0.820. The molecule has 0 amide bonds. The number of hydrogen-bond acceptors (Lipinski definition) is 1. The van der Waals surface area contributed by atoms with Gasteiger partial charge < -0.3 is 5.32 Å². The Morgan fingerprint density at radius 1 is 1.05 bits per heavy atom. The first-order valence-corrected chi connectivity index (χ1v) is 6.77. The minimum Gasteiger partial charge on any atom is -0.375 e. The van der Waals surface area contributed by atoms with Crippen LogP contribution in [0.4, 0.5) is 14.5 Å². The molecule has 1 aliphatic rings. The highest BCUT2D eigenvalue weighted by atomic mass is 19.2. The number of halogens is 2. The molecule has 0 fully saturated rings. The van der Waals surface area contributed by atoms with E-state index in [1.807, 2.05) is 12.1 Å². The van der Waals surface area contributed by atoms with Gasteiger partial charge >= 0.3 is 0 Å². The summed E-state index contributed by atoms with van der Waals surface area (Å²) in [7, 11) is 0. The summed E-state index contributed by atoms with van der Waals surface area (Å²) in [5.41, 5.74) is 2.62. The Bertz CT molecular complexity index is 649. The number of hydrogen-bond donors (Lipinski definition) is 1. The molecule has 0 aliphatic heterocycles. The maximum Gasteiger partial charge on any atom is 0.181 e. The smallest absolute Gasteiger partial charge is 0.181 e. The lowest BCUT2D eigenvalue weighted by atomic mass is 9.85. The second-order valence-corrected chi connectivity index (χ2v) is 6.04. The maximum atomic E-state index is 13.8. The Morgan fingerprint density at radius 3 is 2.60 bits per heavy atom. The normalized spacial score (nSPS) is 19.7. The van der Waals surface area contributed by atoms with Crippen LogP contribution in [-0.2, 0) is 6.42 Å². The van der Waals surface area contributed by atoms with E-state index in [0.29, 0.717) is 0 Å². The van der Waals surface area contributed by atoms with Gasteiger partial charge in [0, 0.05) is 0 Å².